The van der Waals surface area contributed by atoms with Crippen LogP contribution in [0, 0.1) is 6.92 Å². The predicted molar refractivity (Wildman–Crippen MR) is 104 cm³/mol. The van der Waals surface area contributed by atoms with Gasteiger partial charge in [-0.2, -0.15) is 0 Å². The number of aryl methyl sites for hydroxylation is 1. The van der Waals surface area contributed by atoms with Crippen molar-refractivity contribution in [3.05, 3.63) is 66.1 Å². The second-order valence-corrected chi connectivity index (χ2v) is 7.01. The molecule has 1 aliphatic carbocycles. The summed E-state index contributed by atoms with van der Waals surface area (Å²) >= 11 is 0. The lowest BCUT2D eigenvalue weighted by atomic mass is 9.93. The van der Waals surface area contributed by atoms with Crippen molar-refractivity contribution in [2.24, 2.45) is 0 Å². The van der Waals surface area contributed by atoms with Crippen molar-refractivity contribution in [2.75, 3.05) is 0 Å². The maximum absolute atomic E-state index is 4.58. The highest BCUT2D eigenvalue weighted by Crippen LogP contribution is 2.33. The molecule has 0 saturated heterocycles. The van der Waals surface area contributed by atoms with E-state index in [1.165, 1.54) is 53.3 Å². The molecule has 4 aromatic rings. The first-order valence-electron chi connectivity index (χ1n) is 9.04. The molecule has 2 aromatic heterocycles. The van der Waals surface area contributed by atoms with Gasteiger partial charge in [0.15, 0.2) is 0 Å². The van der Waals surface area contributed by atoms with Crippen molar-refractivity contribution in [2.45, 2.75) is 32.6 Å². The summed E-state index contributed by atoms with van der Waals surface area (Å²) in [4.78, 5) is 8.02. The van der Waals surface area contributed by atoms with E-state index in [4.69, 9.17) is 0 Å². The Morgan fingerprint density at radius 2 is 2.04 bits per heavy atom. The first-order chi connectivity index (χ1) is 12.3. The topological polar surface area (TPSA) is 33.6 Å². The van der Waals surface area contributed by atoms with Gasteiger partial charge in [0.2, 0.25) is 0 Å². The van der Waals surface area contributed by atoms with Crippen LogP contribution in [0.1, 0.15) is 36.8 Å². The highest BCUT2D eigenvalue weighted by atomic mass is 15.0. The Morgan fingerprint density at radius 1 is 1.08 bits per heavy atom. The summed E-state index contributed by atoms with van der Waals surface area (Å²) in [6, 6.07) is 13.1. The summed E-state index contributed by atoms with van der Waals surface area (Å²) in [6.45, 7) is 2.11. The van der Waals surface area contributed by atoms with Crippen molar-refractivity contribution >= 4 is 27.5 Å². The monoisotopic (exact) mass is 327 g/mol. The zero-order valence-corrected chi connectivity index (χ0v) is 14.4. The van der Waals surface area contributed by atoms with Crippen LogP contribution in [0.4, 0.5) is 0 Å². The van der Waals surface area contributed by atoms with Gasteiger partial charge in [0.1, 0.15) is 6.33 Å². The molecule has 0 atom stereocenters. The summed E-state index contributed by atoms with van der Waals surface area (Å²) in [5, 5.41) is 1.31. The van der Waals surface area contributed by atoms with Crippen LogP contribution < -0.4 is 0 Å². The van der Waals surface area contributed by atoms with E-state index >= 15 is 0 Å². The van der Waals surface area contributed by atoms with E-state index in [-0.39, 0.29) is 0 Å². The van der Waals surface area contributed by atoms with E-state index in [0.717, 1.165) is 16.7 Å². The average molecular weight is 327 g/mol. The van der Waals surface area contributed by atoms with Crippen molar-refractivity contribution in [3.63, 3.8) is 0 Å². The fourth-order valence-corrected chi connectivity index (χ4v) is 3.94. The van der Waals surface area contributed by atoms with E-state index < -0.39 is 0 Å². The highest BCUT2D eigenvalue weighted by Gasteiger charge is 2.13. The van der Waals surface area contributed by atoms with Crippen molar-refractivity contribution in [1.29, 1.82) is 0 Å². The number of aromatic nitrogens is 3. The summed E-state index contributed by atoms with van der Waals surface area (Å²) in [5.74, 6) is 0. The third-order valence-corrected chi connectivity index (χ3v) is 5.28. The van der Waals surface area contributed by atoms with Crippen LogP contribution in [0.5, 0.6) is 0 Å². The minimum absolute atomic E-state index is 1.05. The van der Waals surface area contributed by atoms with E-state index in [0.29, 0.717) is 0 Å². The van der Waals surface area contributed by atoms with E-state index in [9.17, 15) is 0 Å². The lowest BCUT2D eigenvalue weighted by Gasteiger charge is -2.12. The third-order valence-electron chi connectivity index (χ3n) is 5.28. The molecule has 3 heteroatoms. The summed E-state index contributed by atoms with van der Waals surface area (Å²) in [7, 11) is 0. The van der Waals surface area contributed by atoms with Gasteiger partial charge in [-0.25, -0.2) is 4.98 Å². The number of H-pyrrole nitrogens is 1. The number of hydrogen-bond donors (Lipinski definition) is 1. The number of imidazole rings is 1. The molecule has 0 amide bonds. The average Bonchev–Trinajstić information content (AvgIpc) is 3.25. The van der Waals surface area contributed by atoms with E-state index in [1.54, 1.807) is 0 Å². The number of benzene rings is 2. The lowest BCUT2D eigenvalue weighted by molar-refractivity contribution is 0.742. The van der Waals surface area contributed by atoms with Crippen LogP contribution in [0.3, 0.4) is 0 Å². The Kier molecular flexibility index (Phi) is 3.27. The Balaban J connectivity index is 1.67. The van der Waals surface area contributed by atoms with E-state index in [2.05, 4.69) is 70.1 Å². The van der Waals surface area contributed by atoms with Gasteiger partial charge in [0.05, 0.1) is 11.0 Å². The van der Waals surface area contributed by atoms with Gasteiger partial charge >= 0.3 is 0 Å². The van der Waals surface area contributed by atoms with Gasteiger partial charge < -0.3 is 4.98 Å². The molecule has 1 N–H and O–H groups in total. The minimum Gasteiger partial charge on any atom is -0.361 e. The van der Waals surface area contributed by atoms with Crippen molar-refractivity contribution in [1.82, 2.24) is 14.5 Å². The molecule has 1 aliphatic rings. The third kappa shape index (κ3) is 2.39. The maximum Gasteiger partial charge on any atom is 0.100 e. The van der Waals surface area contributed by atoms with Gasteiger partial charge in [-0.15, -0.1) is 0 Å². The summed E-state index contributed by atoms with van der Waals surface area (Å²) < 4.78 is 2.18. The first-order valence-corrected chi connectivity index (χ1v) is 9.04. The van der Waals surface area contributed by atoms with Crippen molar-refractivity contribution in [3.8, 4) is 5.69 Å². The first kappa shape index (κ1) is 14.5. The number of fused-ring (bicyclic) bond motifs is 2. The van der Waals surface area contributed by atoms with Gasteiger partial charge in [-0.05, 0) is 74.1 Å². The summed E-state index contributed by atoms with van der Waals surface area (Å²) in [5.41, 5.74) is 8.65. The molecule has 0 aliphatic heterocycles. The molecule has 124 valence electrons. The van der Waals surface area contributed by atoms with Crippen LogP contribution in [-0.4, -0.2) is 14.5 Å². The molecule has 0 spiro atoms. The summed E-state index contributed by atoms with van der Waals surface area (Å²) in [6.07, 6.45) is 11.5. The zero-order valence-electron chi connectivity index (χ0n) is 14.4. The Bertz CT molecular complexity index is 1110. The Hall–Kier alpha value is -2.81. The molecule has 2 heterocycles. The molecule has 2 aromatic carbocycles. The maximum atomic E-state index is 4.58. The van der Waals surface area contributed by atoms with Crippen LogP contribution in [-0.2, 0) is 0 Å². The molecule has 3 nitrogen and oxygen atoms in total. The van der Waals surface area contributed by atoms with Gasteiger partial charge in [-0.1, -0.05) is 12.1 Å². The van der Waals surface area contributed by atoms with Gasteiger partial charge in [0.25, 0.3) is 0 Å². The molecular formula is C22H21N3. The molecule has 25 heavy (non-hydrogen) atoms. The normalized spacial score (nSPS) is 15.0. The lowest BCUT2D eigenvalue weighted by Crippen LogP contribution is -1.93. The SMILES string of the molecule is Cc1ccc2c(c1)ncn2-c1ccc2[nH]cc(C3=CCCCC3)c2c1. The Morgan fingerprint density at radius 3 is 2.92 bits per heavy atom. The van der Waals surface area contributed by atoms with Crippen LogP contribution in [0.25, 0.3) is 33.2 Å². The van der Waals surface area contributed by atoms with Crippen LogP contribution in [0.2, 0.25) is 0 Å². The van der Waals surface area contributed by atoms with Crippen LogP contribution >= 0.6 is 0 Å². The molecule has 0 unspecified atom stereocenters. The predicted octanol–water partition coefficient (Wildman–Crippen LogP) is 5.77. The zero-order chi connectivity index (χ0) is 16.8. The second kappa shape index (κ2) is 5.62. The van der Waals surface area contributed by atoms with Gasteiger partial charge in [0, 0.05) is 28.4 Å². The number of allylic oxidation sites excluding steroid dienone is 2. The Labute approximate surface area is 147 Å². The second-order valence-electron chi connectivity index (χ2n) is 7.01. The van der Waals surface area contributed by atoms with Gasteiger partial charge in [-0.3, -0.25) is 4.57 Å². The standard InChI is InChI=1S/C22H21N3/c1-15-7-10-22-21(11-15)24-14-25(22)17-8-9-20-18(12-17)19(13-23-20)16-5-3-2-4-6-16/h5,7-14,23H,2-4,6H2,1H3. The molecular weight excluding hydrogens is 306 g/mol. The molecule has 0 radical (unpaired) electrons. The number of aromatic amines is 1. The molecule has 0 bridgehead atoms. The fraction of sp³-hybridized carbons (Fsp3) is 0.227. The number of nitrogens with one attached hydrogen (secondary N) is 1. The largest absolute Gasteiger partial charge is 0.361 e. The van der Waals surface area contributed by atoms with Crippen molar-refractivity contribution < 1.29 is 0 Å². The van der Waals surface area contributed by atoms with Crippen LogP contribution in [0.15, 0.2) is 55.0 Å². The highest BCUT2D eigenvalue weighted by molar-refractivity contribution is 5.94. The number of rotatable bonds is 2. The number of nitrogens with zero attached hydrogens (tertiary/aromatic N) is 2. The van der Waals surface area contributed by atoms with E-state index in [1.807, 2.05) is 6.33 Å². The molecule has 0 saturated carbocycles. The molecule has 0 fully saturated rings. The minimum atomic E-state index is 1.05. The quantitative estimate of drug-likeness (QED) is 0.498. The molecule has 5 rings (SSSR count). The smallest absolute Gasteiger partial charge is 0.100 e. The number of hydrogen-bond acceptors (Lipinski definition) is 1. The fourth-order valence-electron chi connectivity index (χ4n) is 3.94.